The highest BCUT2D eigenvalue weighted by atomic mass is 127. The highest BCUT2D eigenvalue weighted by Gasteiger charge is 2.24. The molecular formula is C20H35IN6O. The molecule has 0 aliphatic carbocycles. The molecule has 2 heterocycles. The number of rotatable bonds is 4. The largest absolute Gasteiger partial charge is 0.497 e. The molecule has 3 rings (SSSR count). The van der Waals surface area contributed by atoms with Crippen LogP contribution in [-0.2, 0) is 0 Å². The number of hydrogen-bond donors (Lipinski definition) is 1. The summed E-state index contributed by atoms with van der Waals surface area (Å²) in [5, 5.41) is 3.60. The second-order valence-corrected chi connectivity index (χ2v) is 7.50. The van der Waals surface area contributed by atoms with E-state index in [0.717, 1.165) is 64.1 Å². The van der Waals surface area contributed by atoms with Crippen LogP contribution in [0.2, 0.25) is 0 Å². The molecule has 1 aromatic carbocycles. The van der Waals surface area contributed by atoms with Crippen LogP contribution in [0.15, 0.2) is 29.3 Å². The van der Waals surface area contributed by atoms with Crippen LogP contribution < -0.4 is 15.0 Å². The molecule has 158 valence electrons. The zero-order valence-corrected chi connectivity index (χ0v) is 19.9. The number of anilines is 1. The lowest BCUT2D eigenvalue weighted by Gasteiger charge is -2.40. The summed E-state index contributed by atoms with van der Waals surface area (Å²) in [5.74, 6) is 1.92. The van der Waals surface area contributed by atoms with Crippen molar-refractivity contribution in [3.05, 3.63) is 24.3 Å². The molecular weight excluding hydrogens is 467 g/mol. The van der Waals surface area contributed by atoms with Gasteiger partial charge in [-0.05, 0) is 38.4 Å². The Hall–Kier alpha value is -1.26. The van der Waals surface area contributed by atoms with Gasteiger partial charge in [0.2, 0.25) is 0 Å². The minimum absolute atomic E-state index is 0. The zero-order valence-electron chi connectivity index (χ0n) is 17.6. The minimum Gasteiger partial charge on any atom is -0.497 e. The van der Waals surface area contributed by atoms with Crippen molar-refractivity contribution >= 4 is 35.6 Å². The number of nitrogens with one attached hydrogen (secondary N) is 1. The van der Waals surface area contributed by atoms with Crippen LogP contribution in [0.4, 0.5) is 5.69 Å². The molecule has 0 radical (unpaired) electrons. The Kier molecular flexibility index (Phi) is 9.10. The third-order valence-electron chi connectivity index (χ3n) is 5.70. The van der Waals surface area contributed by atoms with E-state index in [1.165, 1.54) is 5.69 Å². The summed E-state index contributed by atoms with van der Waals surface area (Å²) in [4.78, 5) is 14.2. The van der Waals surface area contributed by atoms with Crippen molar-refractivity contribution in [2.24, 2.45) is 4.99 Å². The van der Waals surface area contributed by atoms with Gasteiger partial charge in [0.25, 0.3) is 0 Å². The van der Waals surface area contributed by atoms with Crippen LogP contribution in [0.5, 0.6) is 5.75 Å². The van der Waals surface area contributed by atoms with Crippen molar-refractivity contribution in [1.29, 1.82) is 0 Å². The predicted octanol–water partition coefficient (Wildman–Crippen LogP) is 1.26. The monoisotopic (exact) mass is 502 g/mol. The van der Waals surface area contributed by atoms with Gasteiger partial charge in [-0.2, -0.15) is 0 Å². The van der Waals surface area contributed by atoms with Crippen LogP contribution in [0.1, 0.15) is 0 Å². The number of methoxy groups -OCH3 is 1. The first-order valence-electron chi connectivity index (χ1n) is 9.84. The van der Waals surface area contributed by atoms with Crippen molar-refractivity contribution in [2.45, 2.75) is 6.04 Å². The highest BCUT2D eigenvalue weighted by molar-refractivity contribution is 14.0. The van der Waals surface area contributed by atoms with E-state index in [-0.39, 0.29) is 24.0 Å². The van der Waals surface area contributed by atoms with Gasteiger partial charge in [-0.15, -0.1) is 24.0 Å². The van der Waals surface area contributed by atoms with Crippen LogP contribution in [0.25, 0.3) is 0 Å². The van der Waals surface area contributed by atoms with Gasteiger partial charge in [-0.1, -0.05) is 0 Å². The first-order chi connectivity index (χ1) is 13.1. The van der Waals surface area contributed by atoms with E-state index in [1.807, 2.05) is 19.2 Å². The Morgan fingerprint density at radius 3 is 2.36 bits per heavy atom. The molecule has 2 aliphatic rings. The third-order valence-corrected chi connectivity index (χ3v) is 5.70. The fourth-order valence-corrected chi connectivity index (χ4v) is 3.83. The predicted molar refractivity (Wildman–Crippen MR) is 127 cm³/mol. The quantitative estimate of drug-likeness (QED) is 0.380. The lowest BCUT2D eigenvalue weighted by atomic mass is 10.2. The van der Waals surface area contributed by atoms with E-state index >= 15 is 0 Å². The summed E-state index contributed by atoms with van der Waals surface area (Å²) in [7, 11) is 8.01. The number of benzene rings is 1. The molecule has 2 saturated heterocycles. The molecule has 0 bridgehead atoms. The minimum atomic E-state index is 0. The van der Waals surface area contributed by atoms with Crippen molar-refractivity contribution in [1.82, 2.24) is 20.0 Å². The molecule has 7 nitrogen and oxygen atoms in total. The Labute approximate surface area is 186 Å². The summed E-state index contributed by atoms with van der Waals surface area (Å²) < 4.78 is 5.25. The lowest BCUT2D eigenvalue weighted by Crippen LogP contribution is -2.57. The normalized spacial score (nSPS) is 22.0. The number of ether oxygens (including phenoxy) is 1. The Morgan fingerprint density at radius 2 is 1.75 bits per heavy atom. The fraction of sp³-hybridized carbons (Fsp3) is 0.650. The van der Waals surface area contributed by atoms with E-state index in [2.05, 4.69) is 56.1 Å². The SMILES string of the molecule is CN=C(NCC1CN(C)CCN1C)N1CCN(c2ccc(OC)cc2)CC1.I. The fourth-order valence-electron chi connectivity index (χ4n) is 3.83. The Morgan fingerprint density at radius 1 is 1.07 bits per heavy atom. The number of piperazine rings is 2. The third kappa shape index (κ3) is 5.87. The first-order valence-corrected chi connectivity index (χ1v) is 9.84. The lowest BCUT2D eigenvalue weighted by molar-refractivity contribution is 0.116. The van der Waals surface area contributed by atoms with E-state index < -0.39 is 0 Å². The van der Waals surface area contributed by atoms with Gasteiger partial charge in [0.1, 0.15) is 5.75 Å². The molecule has 0 aromatic heterocycles. The van der Waals surface area contributed by atoms with Gasteiger partial charge >= 0.3 is 0 Å². The summed E-state index contributed by atoms with van der Waals surface area (Å²) in [6.45, 7) is 8.27. The Balaban J connectivity index is 0.00000280. The van der Waals surface area contributed by atoms with Crippen LogP contribution in [0.3, 0.4) is 0 Å². The molecule has 0 spiro atoms. The number of aliphatic imine (C=N–C) groups is 1. The van der Waals surface area contributed by atoms with Crippen molar-refractivity contribution in [3.8, 4) is 5.75 Å². The average molecular weight is 502 g/mol. The molecule has 0 amide bonds. The van der Waals surface area contributed by atoms with E-state index in [9.17, 15) is 0 Å². The second kappa shape index (κ2) is 11.1. The molecule has 28 heavy (non-hydrogen) atoms. The zero-order chi connectivity index (χ0) is 19.2. The van der Waals surface area contributed by atoms with E-state index in [4.69, 9.17) is 4.74 Å². The van der Waals surface area contributed by atoms with Gasteiger partial charge in [0, 0.05) is 71.1 Å². The van der Waals surface area contributed by atoms with Crippen LogP contribution in [-0.4, -0.2) is 107 Å². The number of nitrogens with zero attached hydrogens (tertiary/aromatic N) is 5. The topological polar surface area (TPSA) is 46.6 Å². The number of halogens is 1. The molecule has 2 fully saturated rings. The van der Waals surface area contributed by atoms with Gasteiger partial charge < -0.3 is 24.8 Å². The van der Waals surface area contributed by atoms with Crippen molar-refractivity contribution in [2.75, 3.05) is 85.5 Å². The molecule has 2 aliphatic heterocycles. The molecule has 8 heteroatoms. The number of guanidine groups is 1. The summed E-state index contributed by atoms with van der Waals surface area (Å²) in [6.07, 6.45) is 0. The van der Waals surface area contributed by atoms with Gasteiger partial charge in [0.05, 0.1) is 7.11 Å². The van der Waals surface area contributed by atoms with Crippen molar-refractivity contribution in [3.63, 3.8) is 0 Å². The molecule has 1 N–H and O–H groups in total. The molecule has 1 atom stereocenters. The maximum Gasteiger partial charge on any atom is 0.193 e. The van der Waals surface area contributed by atoms with Gasteiger partial charge in [-0.25, -0.2) is 0 Å². The first kappa shape index (κ1) is 23.0. The van der Waals surface area contributed by atoms with Crippen molar-refractivity contribution < 1.29 is 4.74 Å². The van der Waals surface area contributed by atoms with Gasteiger partial charge in [0.15, 0.2) is 5.96 Å². The van der Waals surface area contributed by atoms with E-state index in [0.29, 0.717) is 6.04 Å². The Bertz CT molecular complexity index is 618. The molecule has 0 saturated carbocycles. The second-order valence-electron chi connectivity index (χ2n) is 7.50. The van der Waals surface area contributed by atoms with Crippen LogP contribution >= 0.6 is 24.0 Å². The number of hydrogen-bond acceptors (Lipinski definition) is 5. The average Bonchev–Trinajstić information content (AvgIpc) is 2.71. The molecule has 1 unspecified atom stereocenters. The van der Waals surface area contributed by atoms with Crippen LogP contribution in [0, 0.1) is 0 Å². The summed E-state index contributed by atoms with van der Waals surface area (Å²) >= 11 is 0. The molecule has 1 aromatic rings. The number of likely N-dealkylation sites (N-methyl/N-ethyl adjacent to an activating group) is 2. The van der Waals surface area contributed by atoms with E-state index in [1.54, 1.807) is 7.11 Å². The maximum absolute atomic E-state index is 5.25. The summed E-state index contributed by atoms with van der Waals surface area (Å²) in [5.41, 5.74) is 1.25. The summed E-state index contributed by atoms with van der Waals surface area (Å²) in [6, 6.07) is 8.86. The van der Waals surface area contributed by atoms with Gasteiger partial charge in [-0.3, -0.25) is 9.89 Å². The highest BCUT2D eigenvalue weighted by Crippen LogP contribution is 2.20. The standard InChI is InChI=1S/C20H34N6O.HI/c1-21-20(22-15-18-16-23(2)9-10-24(18)3)26-13-11-25(12-14-26)17-5-7-19(27-4)8-6-17;/h5-8,18H,9-16H2,1-4H3,(H,21,22);1H. The maximum atomic E-state index is 5.25. The smallest absolute Gasteiger partial charge is 0.193 e.